The lowest BCUT2D eigenvalue weighted by Crippen LogP contribution is -2.12. The van der Waals surface area contributed by atoms with Crippen molar-refractivity contribution in [2.45, 2.75) is 6.92 Å². The molecular weight excluding hydrogens is 192 g/mol. The summed E-state index contributed by atoms with van der Waals surface area (Å²) >= 11 is 0. The average molecular weight is 208 g/mol. The molecule has 0 unspecified atom stereocenters. The van der Waals surface area contributed by atoms with E-state index in [9.17, 15) is 0 Å². The fourth-order valence-corrected chi connectivity index (χ4v) is 0.911. The molecule has 3 N–H and O–H groups in total. The van der Waals surface area contributed by atoms with Gasteiger partial charge in [0.2, 0.25) is 5.95 Å². The van der Waals surface area contributed by atoms with Crippen molar-refractivity contribution in [2.75, 3.05) is 30.8 Å². The molecule has 5 nitrogen and oxygen atoms in total. The highest BCUT2D eigenvalue weighted by Gasteiger charge is 1.94. The second-order valence-corrected chi connectivity index (χ2v) is 3.28. The summed E-state index contributed by atoms with van der Waals surface area (Å²) in [5.41, 5.74) is 7.02. The van der Waals surface area contributed by atoms with Crippen molar-refractivity contribution in [3.05, 3.63) is 24.5 Å². The van der Waals surface area contributed by atoms with E-state index >= 15 is 0 Å². The van der Waals surface area contributed by atoms with E-state index in [0.717, 1.165) is 5.57 Å². The molecule has 0 aliphatic heterocycles. The molecule has 1 aromatic rings. The zero-order valence-electron chi connectivity index (χ0n) is 8.86. The van der Waals surface area contributed by atoms with Crippen LogP contribution >= 0.6 is 0 Å². The molecule has 82 valence electrons. The highest BCUT2D eigenvalue weighted by Crippen LogP contribution is 1.99. The van der Waals surface area contributed by atoms with Gasteiger partial charge in [-0.05, 0) is 6.92 Å². The Hall–Kier alpha value is -1.62. The largest absolute Gasteiger partial charge is 0.396 e. The SMILES string of the molecule is C=C(C)COCCNc1ncc(N)cn1. The standard InChI is InChI=1S/C10H16N4O/c1-8(2)7-15-4-3-12-10-13-5-9(11)6-14-10/h5-6H,1,3-4,7,11H2,2H3,(H,12,13,14). The van der Waals surface area contributed by atoms with E-state index in [0.29, 0.717) is 31.4 Å². The van der Waals surface area contributed by atoms with Gasteiger partial charge >= 0.3 is 0 Å². The van der Waals surface area contributed by atoms with Crippen LogP contribution in [0.3, 0.4) is 0 Å². The van der Waals surface area contributed by atoms with Crippen molar-refractivity contribution in [1.29, 1.82) is 0 Å². The van der Waals surface area contributed by atoms with Gasteiger partial charge in [-0.2, -0.15) is 0 Å². The zero-order valence-corrected chi connectivity index (χ0v) is 8.86. The highest BCUT2D eigenvalue weighted by atomic mass is 16.5. The molecule has 0 aliphatic rings. The van der Waals surface area contributed by atoms with Crippen LogP contribution < -0.4 is 11.1 Å². The predicted molar refractivity (Wildman–Crippen MR) is 60.6 cm³/mol. The van der Waals surface area contributed by atoms with Gasteiger partial charge in [-0.3, -0.25) is 0 Å². The van der Waals surface area contributed by atoms with Gasteiger partial charge in [0, 0.05) is 6.54 Å². The summed E-state index contributed by atoms with van der Waals surface area (Å²) in [6.45, 7) is 7.51. The molecule has 15 heavy (non-hydrogen) atoms. The van der Waals surface area contributed by atoms with Crippen molar-refractivity contribution in [1.82, 2.24) is 9.97 Å². The maximum absolute atomic E-state index is 5.45. The van der Waals surface area contributed by atoms with Gasteiger partial charge in [-0.25, -0.2) is 9.97 Å². The summed E-state index contributed by atoms with van der Waals surface area (Å²) in [6.07, 6.45) is 3.12. The molecule has 0 aliphatic carbocycles. The minimum Gasteiger partial charge on any atom is -0.396 e. The Balaban J connectivity index is 2.15. The van der Waals surface area contributed by atoms with E-state index in [2.05, 4.69) is 21.9 Å². The number of rotatable bonds is 6. The summed E-state index contributed by atoms with van der Waals surface area (Å²) in [4.78, 5) is 7.98. The molecule has 0 radical (unpaired) electrons. The van der Waals surface area contributed by atoms with Gasteiger partial charge < -0.3 is 15.8 Å². The first-order valence-corrected chi connectivity index (χ1v) is 4.72. The molecule has 5 heteroatoms. The number of hydrogen-bond acceptors (Lipinski definition) is 5. The van der Waals surface area contributed by atoms with E-state index in [-0.39, 0.29) is 0 Å². The van der Waals surface area contributed by atoms with E-state index in [1.54, 1.807) is 12.4 Å². The Labute approximate surface area is 89.4 Å². The van der Waals surface area contributed by atoms with Gasteiger partial charge in [-0.15, -0.1) is 0 Å². The Bertz CT molecular complexity index is 310. The summed E-state index contributed by atoms with van der Waals surface area (Å²) in [5, 5.41) is 3.01. The van der Waals surface area contributed by atoms with E-state index < -0.39 is 0 Å². The number of ether oxygens (including phenoxy) is 1. The predicted octanol–water partition coefficient (Wildman–Crippen LogP) is 1.06. The summed E-state index contributed by atoms with van der Waals surface area (Å²) in [6, 6.07) is 0. The smallest absolute Gasteiger partial charge is 0.222 e. The Morgan fingerprint density at radius 2 is 2.20 bits per heavy atom. The maximum Gasteiger partial charge on any atom is 0.222 e. The minimum atomic E-state index is 0.555. The zero-order chi connectivity index (χ0) is 11.1. The number of anilines is 2. The lowest BCUT2D eigenvalue weighted by Gasteiger charge is -2.05. The quantitative estimate of drug-likeness (QED) is 0.540. The van der Waals surface area contributed by atoms with Crippen LogP contribution in [0.15, 0.2) is 24.5 Å². The first-order valence-electron chi connectivity index (χ1n) is 4.72. The summed E-state index contributed by atoms with van der Waals surface area (Å²) < 4.78 is 5.30. The second kappa shape index (κ2) is 5.98. The van der Waals surface area contributed by atoms with Gasteiger partial charge in [0.1, 0.15) is 0 Å². The number of nitrogens with one attached hydrogen (secondary N) is 1. The van der Waals surface area contributed by atoms with Crippen LogP contribution in [0.25, 0.3) is 0 Å². The van der Waals surface area contributed by atoms with Crippen molar-refractivity contribution < 1.29 is 4.74 Å². The van der Waals surface area contributed by atoms with Crippen LogP contribution in [-0.4, -0.2) is 29.7 Å². The Morgan fingerprint density at radius 3 is 2.80 bits per heavy atom. The van der Waals surface area contributed by atoms with E-state index in [1.807, 2.05) is 6.92 Å². The molecule has 0 bridgehead atoms. The molecule has 0 saturated carbocycles. The van der Waals surface area contributed by atoms with Crippen LogP contribution in [0.1, 0.15) is 6.92 Å². The van der Waals surface area contributed by atoms with Crippen molar-refractivity contribution in [3.63, 3.8) is 0 Å². The molecule has 1 aromatic heterocycles. The fourth-order valence-electron chi connectivity index (χ4n) is 0.911. The number of hydrogen-bond donors (Lipinski definition) is 2. The van der Waals surface area contributed by atoms with Gasteiger partial charge in [0.15, 0.2) is 0 Å². The number of nitrogen functional groups attached to an aromatic ring is 1. The number of nitrogens with two attached hydrogens (primary N) is 1. The summed E-state index contributed by atoms with van der Waals surface area (Å²) in [7, 11) is 0. The molecule has 1 heterocycles. The third-order valence-electron chi connectivity index (χ3n) is 1.55. The Kier molecular flexibility index (Phi) is 4.56. The molecule has 0 saturated heterocycles. The van der Waals surface area contributed by atoms with Crippen LogP contribution in [0.4, 0.5) is 11.6 Å². The lowest BCUT2D eigenvalue weighted by molar-refractivity contribution is 0.167. The monoisotopic (exact) mass is 208 g/mol. The third-order valence-corrected chi connectivity index (χ3v) is 1.55. The molecular formula is C10H16N4O. The highest BCUT2D eigenvalue weighted by molar-refractivity contribution is 5.35. The molecule has 1 rings (SSSR count). The number of nitrogens with zero attached hydrogens (tertiary/aromatic N) is 2. The lowest BCUT2D eigenvalue weighted by atomic mass is 10.4. The van der Waals surface area contributed by atoms with Crippen LogP contribution in [0, 0.1) is 0 Å². The van der Waals surface area contributed by atoms with Crippen molar-refractivity contribution in [2.24, 2.45) is 0 Å². The molecule has 0 amide bonds. The Morgan fingerprint density at radius 1 is 1.53 bits per heavy atom. The van der Waals surface area contributed by atoms with Crippen molar-refractivity contribution in [3.8, 4) is 0 Å². The van der Waals surface area contributed by atoms with Crippen LogP contribution in [-0.2, 0) is 4.74 Å². The van der Waals surface area contributed by atoms with Gasteiger partial charge in [0.05, 0.1) is 31.3 Å². The topological polar surface area (TPSA) is 73.1 Å². The second-order valence-electron chi connectivity index (χ2n) is 3.28. The maximum atomic E-state index is 5.45. The van der Waals surface area contributed by atoms with Crippen LogP contribution in [0.5, 0.6) is 0 Å². The average Bonchev–Trinajstić information content (AvgIpc) is 2.20. The number of aromatic nitrogens is 2. The molecule has 0 atom stereocenters. The molecule has 0 aromatic carbocycles. The van der Waals surface area contributed by atoms with Crippen LogP contribution in [0.2, 0.25) is 0 Å². The molecule has 0 fully saturated rings. The van der Waals surface area contributed by atoms with Gasteiger partial charge in [-0.1, -0.05) is 12.2 Å². The first-order chi connectivity index (χ1) is 7.18. The van der Waals surface area contributed by atoms with Crippen molar-refractivity contribution >= 4 is 11.6 Å². The fraction of sp³-hybridized carbons (Fsp3) is 0.400. The van der Waals surface area contributed by atoms with E-state index in [1.165, 1.54) is 0 Å². The minimum absolute atomic E-state index is 0.555. The normalized spacial score (nSPS) is 9.93. The van der Waals surface area contributed by atoms with E-state index in [4.69, 9.17) is 10.5 Å². The molecule has 0 spiro atoms. The third kappa shape index (κ3) is 4.97. The first kappa shape index (κ1) is 11.5. The summed E-state index contributed by atoms with van der Waals surface area (Å²) in [5.74, 6) is 0.558. The van der Waals surface area contributed by atoms with Gasteiger partial charge in [0.25, 0.3) is 0 Å².